The van der Waals surface area contributed by atoms with Gasteiger partial charge in [-0.05, 0) is 90.9 Å². The molecule has 0 atom stereocenters. The molecule has 0 unspecified atom stereocenters. The molecule has 392 valence electrons. The van der Waals surface area contributed by atoms with Crippen LogP contribution in [0.25, 0.3) is 0 Å². The highest BCUT2D eigenvalue weighted by atomic mass is 28.3. The molecule has 81 heavy (non-hydrogen) atoms. The molecule has 0 bridgehead atoms. The summed E-state index contributed by atoms with van der Waals surface area (Å²) in [6.45, 7) is 0. The smallest absolute Gasteiger partial charge is 0.0597 e. The van der Waals surface area contributed by atoms with Gasteiger partial charge in [0.2, 0.25) is 0 Å². The quantitative estimate of drug-likeness (QED) is 0.0527. The first-order valence-corrected chi connectivity index (χ1v) is 31.6. The van der Waals surface area contributed by atoms with Crippen LogP contribution in [0.1, 0.15) is 66.8 Å². The SMILES string of the molecule is c1ccc(C(C[Si](CC(c2ccccc2)(c2ccccc2)c2ccccc2)(CC(c2ccccc2)(c2ccccc2)c2ccccc2)CC(c2ccccc2)(c2ccccc2)c2ccccc2)(c2ccccc2)c2ccccc2)cc1. The molecule has 12 aromatic rings. The van der Waals surface area contributed by atoms with Crippen molar-refractivity contribution in [3.8, 4) is 0 Å². The number of benzene rings is 12. The Hall–Kier alpha value is -9.14. The Balaban J connectivity index is 1.34. The number of hydrogen-bond donors (Lipinski definition) is 0. The molecule has 12 aromatic carbocycles. The molecule has 0 spiro atoms. The van der Waals surface area contributed by atoms with Crippen molar-refractivity contribution in [3.63, 3.8) is 0 Å². The molecular formula is C80H68Si. The van der Waals surface area contributed by atoms with Crippen LogP contribution < -0.4 is 0 Å². The van der Waals surface area contributed by atoms with Gasteiger partial charge in [-0.15, -0.1) is 0 Å². The van der Waals surface area contributed by atoms with E-state index in [1.807, 2.05) is 0 Å². The van der Waals surface area contributed by atoms with E-state index in [9.17, 15) is 0 Å². The van der Waals surface area contributed by atoms with Crippen LogP contribution in [0.5, 0.6) is 0 Å². The Kier molecular flexibility index (Phi) is 15.4. The second-order valence-electron chi connectivity index (χ2n) is 22.2. The topological polar surface area (TPSA) is 0 Å². The van der Waals surface area contributed by atoms with Crippen LogP contribution in [-0.4, -0.2) is 8.07 Å². The first-order valence-electron chi connectivity index (χ1n) is 28.8. The van der Waals surface area contributed by atoms with Gasteiger partial charge in [-0.2, -0.15) is 0 Å². The van der Waals surface area contributed by atoms with Crippen molar-refractivity contribution in [2.75, 3.05) is 0 Å². The normalized spacial score (nSPS) is 12.1. The molecule has 0 aliphatic carbocycles. The molecule has 0 heterocycles. The van der Waals surface area contributed by atoms with E-state index in [2.05, 4.69) is 364 Å². The van der Waals surface area contributed by atoms with Crippen LogP contribution in [0.15, 0.2) is 364 Å². The van der Waals surface area contributed by atoms with Gasteiger partial charge < -0.3 is 0 Å². The maximum Gasteiger partial charge on any atom is 0.0597 e. The van der Waals surface area contributed by atoms with Crippen LogP contribution in [0.2, 0.25) is 24.2 Å². The summed E-state index contributed by atoms with van der Waals surface area (Å²) < 4.78 is 0. The van der Waals surface area contributed by atoms with Crippen molar-refractivity contribution in [3.05, 3.63) is 431 Å². The molecule has 0 saturated heterocycles. The Bertz CT molecular complexity index is 2900. The maximum absolute atomic E-state index is 3.53. The molecule has 0 fully saturated rings. The Morgan fingerprint density at radius 3 is 0.309 bits per heavy atom. The van der Waals surface area contributed by atoms with E-state index in [1.54, 1.807) is 0 Å². The summed E-state index contributed by atoms with van der Waals surface area (Å²) in [5.74, 6) is 0. The van der Waals surface area contributed by atoms with Crippen molar-refractivity contribution in [2.24, 2.45) is 0 Å². The maximum atomic E-state index is 2.43. The molecule has 0 radical (unpaired) electrons. The molecule has 12 rings (SSSR count). The Morgan fingerprint density at radius 1 is 0.136 bits per heavy atom. The van der Waals surface area contributed by atoms with Gasteiger partial charge in [0.25, 0.3) is 0 Å². The molecule has 0 saturated carbocycles. The van der Waals surface area contributed by atoms with Gasteiger partial charge in [-0.25, -0.2) is 0 Å². The zero-order valence-corrected chi connectivity index (χ0v) is 47.0. The van der Waals surface area contributed by atoms with Crippen molar-refractivity contribution < 1.29 is 0 Å². The fourth-order valence-electron chi connectivity index (χ4n) is 14.5. The third-order valence-corrected chi connectivity index (χ3v) is 22.9. The predicted molar refractivity (Wildman–Crippen MR) is 342 cm³/mol. The fraction of sp³-hybridized carbons (Fsp3) is 0.100. The first kappa shape index (κ1) is 52.6. The fourth-order valence-corrected chi connectivity index (χ4v) is 22.2. The average Bonchev–Trinajstić information content (AvgIpc) is 3.74. The van der Waals surface area contributed by atoms with E-state index in [-0.39, 0.29) is 0 Å². The van der Waals surface area contributed by atoms with Gasteiger partial charge in [0.05, 0.1) is 8.07 Å². The van der Waals surface area contributed by atoms with Crippen molar-refractivity contribution in [2.45, 2.75) is 45.8 Å². The summed E-state index contributed by atoms with van der Waals surface area (Å²) in [4.78, 5) is 0. The minimum atomic E-state index is -3.53. The average molecular weight is 1060 g/mol. The summed E-state index contributed by atoms with van der Waals surface area (Å²) in [5, 5.41) is 0. The van der Waals surface area contributed by atoms with E-state index in [1.165, 1.54) is 66.8 Å². The standard InChI is InChI=1S/C80H68Si/c1-13-37-65(38-14-1)77(66-39-15-2-16-40-66,67-41-17-3-18-42-67)61-81(62-78(68-43-19-4-20-44-68,69-45-21-5-22-46-69)70-47-23-6-24-48-70,63-79(71-49-25-7-26-50-71,72-51-27-8-28-52-72)73-53-29-9-30-54-73)64-80(74-55-31-10-32-56-74,75-57-33-11-34-58-75)76-59-35-12-36-60-76/h1-60H,61-64H2. The summed E-state index contributed by atoms with van der Waals surface area (Å²) in [7, 11) is -3.53. The predicted octanol–water partition coefficient (Wildman–Crippen LogP) is 19.6. The monoisotopic (exact) mass is 1060 g/mol. The zero-order valence-electron chi connectivity index (χ0n) is 46.0. The molecule has 0 amide bonds. The van der Waals surface area contributed by atoms with Gasteiger partial charge in [-0.3, -0.25) is 0 Å². The minimum Gasteiger partial charge on any atom is -0.0622 e. The lowest BCUT2D eigenvalue weighted by Crippen LogP contribution is -2.56. The molecular weight excluding hydrogens is 989 g/mol. The lowest BCUT2D eigenvalue weighted by atomic mass is 9.69. The van der Waals surface area contributed by atoms with E-state index < -0.39 is 29.7 Å². The highest BCUT2D eigenvalue weighted by Gasteiger charge is 2.58. The minimum absolute atomic E-state index is 0.655. The summed E-state index contributed by atoms with van der Waals surface area (Å²) in [5.41, 5.74) is 12.9. The number of hydrogen-bond acceptors (Lipinski definition) is 0. The molecule has 1 heteroatoms. The molecule has 0 aliphatic rings. The van der Waals surface area contributed by atoms with Crippen molar-refractivity contribution in [1.82, 2.24) is 0 Å². The van der Waals surface area contributed by atoms with Crippen LogP contribution in [0.3, 0.4) is 0 Å². The third kappa shape index (κ3) is 10.0. The summed E-state index contributed by atoms with van der Waals surface area (Å²) >= 11 is 0. The van der Waals surface area contributed by atoms with Gasteiger partial charge in [-0.1, -0.05) is 364 Å². The second-order valence-corrected chi connectivity index (χ2v) is 26.6. The summed E-state index contributed by atoms with van der Waals surface area (Å²) in [6.07, 6.45) is 0. The van der Waals surface area contributed by atoms with Crippen LogP contribution in [0.4, 0.5) is 0 Å². The Labute approximate surface area is 481 Å². The van der Waals surface area contributed by atoms with E-state index in [0.29, 0.717) is 0 Å². The number of rotatable bonds is 20. The van der Waals surface area contributed by atoms with Crippen molar-refractivity contribution >= 4 is 8.07 Å². The van der Waals surface area contributed by atoms with Crippen LogP contribution in [0, 0.1) is 0 Å². The molecule has 0 aliphatic heterocycles. The van der Waals surface area contributed by atoms with E-state index in [4.69, 9.17) is 0 Å². The molecule has 0 N–H and O–H groups in total. The van der Waals surface area contributed by atoms with E-state index in [0.717, 1.165) is 24.2 Å². The van der Waals surface area contributed by atoms with Gasteiger partial charge >= 0.3 is 0 Å². The third-order valence-electron chi connectivity index (χ3n) is 17.8. The first-order chi connectivity index (χ1) is 40.1. The lowest BCUT2D eigenvalue weighted by molar-refractivity contribution is 0.579. The van der Waals surface area contributed by atoms with E-state index >= 15 is 0 Å². The van der Waals surface area contributed by atoms with Gasteiger partial charge in [0.15, 0.2) is 0 Å². The molecule has 0 aromatic heterocycles. The van der Waals surface area contributed by atoms with Crippen LogP contribution >= 0.6 is 0 Å². The van der Waals surface area contributed by atoms with Crippen LogP contribution in [-0.2, 0) is 21.7 Å². The zero-order chi connectivity index (χ0) is 54.7. The summed E-state index contributed by atoms with van der Waals surface area (Å²) in [6, 6.07) is 142. The van der Waals surface area contributed by atoms with Gasteiger partial charge in [0, 0.05) is 21.7 Å². The van der Waals surface area contributed by atoms with Gasteiger partial charge in [0.1, 0.15) is 0 Å². The highest BCUT2D eigenvalue weighted by molar-refractivity contribution is 6.81. The Morgan fingerprint density at radius 2 is 0.222 bits per heavy atom. The van der Waals surface area contributed by atoms with Crippen molar-refractivity contribution in [1.29, 1.82) is 0 Å². The molecule has 0 nitrogen and oxygen atoms in total. The largest absolute Gasteiger partial charge is 0.0622 e. The second kappa shape index (κ2) is 23.7. The lowest BCUT2D eigenvalue weighted by Gasteiger charge is -2.55. The highest BCUT2D eigenvalue weighted by Crippen LogP contribution is 2.61.